The van der Waals surface area contributed by atoms with Gasteiger partial charge in [0.15, 0.2) is 0 Å². The molecule has 1 unspecified atom stereocenters. The van der Waals surface area contributed by atoms with Crippen LogP contribution in [0.2, 0.25) is 0 Å². The number of nitrogens with zero attached hydrogens (tertiary/aromatic N) is 1. The first-order chi connectivity index (χ1) is 8.49. The summed E-state index contributed by atoms with van der Waals surface area (Å²) in [6.45, 7) is 4.89. The van der Waals surface area contributed by atoms with Gasteiger partial charge in [-0.3, -0.25) is 9.59 Å². The summed E-state index contributed by atoms with van der Waals surface area (Å²) in [7, 11) is 0. The standard InChI is InChI=1S/C13H22N2O2S/c1-9(2)11-12(17)14-7-10(16)15(11)8-13(18-3)5-4-6-13/h9,11H,4-8H2,1-3H3,(H,14,17). The number of hydrogen-bond acceptors (Lipinski definition) is 3. The largest absolute Gasteiger partial charge is 0.345 e. The molecule has 1 saturated carbocycles. The van der Waals surface area contributed by atoms with Crippen molar-refractivity contribution >= 4 is 23.6 Å². The lowest BCUT2D eigenvalue weighted by atomic mass is 9.82. The maximum Gasteiger partial charge on any atom is 0.243 e. The van der Waals surface area contributed by atoms with E-state index in [4.69, 9.17) is 0 Å². The number of thioether (sulfide) groups is 1. The van der Waals surface area contributed by atoms with Crippen molar-refractivity contribution in [3.8, 4) is 0 Å². The van der Waals surface area contributed by atoms with Crippen LogP contribution in [-0.2, 0) is 9.59 Å². The number of piperazine rings is 1. The van der Waals surface area contributed by atoms with E-state index >= 15 is 0 Å². The second-order valence-electron chi connectivity index (χ2n) is 5.67. The fraction of sp³-hybridized carbons (Fsp3) is 0.846. The highest BCUT2D eigenvalue weighted by atomic mass is 32.2. The van der Waals surface area contributed by atoms with Crippen LogP contribution in [0.25, 0.3) is 0 Å². The Morgan fingerprint density at radius 3 is 2.56 bits per heavy atom. The van der Waals surface area contributed by atoms with Gasteiger partial charge in [-0.1, -0.05) is 20.3 Å². The Hall–Kier alpha value is -0.710. The predicted octanol–water partition coefficient (Wildman–Crippen LogP) is 1.26. The van der Waals surface area contributed by atoms with Gasteiger partial charge in [-0.05, 0) is 25.0 Å². The van der Waals surface area contributed by atoms with Gasteiger partial charge in [-0.15, -0.1) is 0 Å². The lowest BCUT2D eigenvalue weighted by Crippen LogP contribution is -2.63. The van der Waals surface area contributed by atoms with Gasteiger partial charge in [-0.25, -0.2) is 0 Å². The third kappa shape index (κ3) is 2.37. The Bertz CT molecular complexity index is 347. The fourth-order valence-electron chi connectivity index (χ4n) is 2.82. The van der Waals surface area contributed by atoms with Gasteiger partial charge in [-0.2, -0.15) is 11.8 Å². The third-order valence-electron chi connectivity index (χ3n) is 4.13. The van der Waals surface area contributed by atoms with Crippen molar-refractivity contribution in [2.45, 2.75) is 43.9 Å². The first kappa shape index (κ1) is 13.7. The molecule has 0 bridgehead atoms. The molecule has 2 aliphatic rings. The van der Waals surface area contributed by atoms with Gasteiger partial charge in [0, 0.05) is 11.3 Å². The van der Waals surface area contributed by atoms with E-state index in [0.29, 0.717) is 0 Å². The molecule has 102 valence electrons. The maximum atomic E-state index is 12.1. The minimum Gasteiger partial charge on any atom is -0.345 e. The Labute approximate surface area is 113 Å². The first-order valence-electron chi connectivity index (χ1n) is 6.61. The van der Waals surface area contributed by atoms with E-state index in [1.54, 1.807) is 0 Å². The molecule has 1 saturated heterocycles. The third-order valence-corrected chi connectivity index (χ3v) is 5.53. The molecule has 2 fully saturated rings. The number of carbonyl (C=O) groups is 2. The summed E-state index contributed by atoms with van der Waals surface area (Å²) in [5, 5.41) is 2.70. The zero-order chi connectivity index (χ0) is 13.3. The van der Waals surface area contributed by atoms with Crippen molar-refractivity contribution in [1.29, 1.82) is 0 Å². The number of nitrogens with one attached hydrogen (secondary N) is 1. The molecule has 1 aliphatic heterocycles. The number of carbonyl (C=O) groups excluding carboxylic acids is 2. The average Bonchev–Trinajstić information content (AvgIpc) is 2.27. The minimum absolute atomic E-state index is 0.000163. The summed E-state index contributed by atoms with van der Waals surface area (Å²) >= 11 is 1.84. The molecule has 5 heteroatoms. The number of hydrogen-bond donors (Lipinski definition) is 1. The molecule has 18 heavy (non-hydrogen) atoms. The monoisotopic (exact) mass is 270 g/mol. The van der Waals surface area contributed by atoms with Crippen LogP contribution in [0.5, 0.6) is 0 Å². The highest BCUT2D eigenvalue weighted by Crippen LogP contribution is 2.44. The van der Waals surface area contributed by atoms with Crippen LogP contribution >= 0.6 is 11.8 Å². The second kappa shape index (κ2) is 5.11. The Kier molecular flexibility index (Phi) is 3.90. The minimum atomic E-state index is -0.295. The molecule has 0 aromatic carbocycles. The Morgan fingerprint density at radius 2 is 2.11 bits per heavy atom. The van der Waals surface area contributed by atoms with Crippen LogP contribution in [0.15, 0.2) is 0 Å². The van der Waals surface area contributed by atoms with Crippen LogP contribution < -0.4 is 5.32 Å². The van der Waals surface area contributed by atoms with E-state index in [2.05, 4.69) is 11.6 Å². The lowest BCUT2D eigenvalue weighted by Gasteiger charge is -2.47. The molecule has 0 aromatic rings. The SMILES string of the molecule is CSC1(CN2C(=O)CNC(=O)C2C(C)C)CCC1. The summed E-state index contributed by atoms with van der Waals surface area (Å²) < 4.78 is 0.195. The van der Waals surface area contributed by atoms with Gasteiger partial charge < -0.3 is 10.2 Å². The van der Waals surface area contributed by atoms with Gasteiger partial charge in [0.1, 0.15) is 6.04 Å². The van der Waals surface area contributed by atoms with Gasteiger partial charge >= 0.3 is 0 Å². The zero-order valence-corrected chi connectivity index (χ0v) is 12.2. The van der Waals surface area contributed by atoms with Crippen molar-refractivity contribution in [3.63, 3.8) is 0 Å². The van der Waals surface area contributed by atoms with Crippen LogP contribution in [0.4, 0.5) is 0 Å². The second-order valence-corrected chi connectivity index (χ2v) is 6.94. The molecule has 1 heterocycles. The molecular weight excluding hydrogens is 248 g/mol. The predicted molar refractivity (Wildman–Crippen MR) is 73.4 cm³/mol. The van der Waals surface area contributed by atoms with Crippen LogP contribution in [0, 0.1) is 5.92 Å². The summed E-state index contributed by atoms with van der Waals surface area (Å²) in [5.74, 6) is 0.224. The van der Waals surface area contributed by atoms with Crippen LogP contribution in [0.3, 0.4) is 0 Å². The van der Waals surface area contributed by atoms with Crippen LogP contribution in [0.1, 0.15) is 33.1 Å². The molecular formula is C13H22N2O2S. The van der Waals surface area contributed by atoms with Crippen molar-refractivity contribution in [1.82, 2.24) is 10.2 Å². The van der Waals surface area contributed by atoms with Gasteiger partial charge in [0.2, 0.25) is 11.8 Å². The molecule has 1 N–H and O–H groups in total. The smallest absolute Gasteiger partial charge is 0.243 e. The Morgan fingerprint density at radius 1 is 1.44 bits per heavy atom. The molecule has 2 amide bonds. The van der Waals surface area contributed by atoms with Gasteiger partial charge in [0.25, 0.3) is 0 Å². The lowest BCUT2D eigenvalue weighted by molar-refractivity contribution is -0.148. The molecule has 2 rings (SSSR count). The normalized spacial score (nSPS) is 27.1. The van der Waals surface area contributed by atoms with Crippen molar-refractivity contribution < 1.29 is 9.59 Å². The highest BCUT2D eigenvalue weighted by Gasteiger charge is 2.44. The first-order valence-corrected chi connectivity index (χ1v) is 7.84. The highest BCUT2D eigenvalue weighted by molar-refractivity contribution is 8.00. The summed E-state index contributed by atoms with van der Waals surface area (Å²) in [6.07, 6.45) is 5.66. The summed E-state index contributed by atoms with van der Waals surface area (Å²) in [4.78, 5) is 25.9. The van der Waals surface area contributed by atoms with E-state index < -0.39 is 0 Å². The van der Waals surface area contributed by atoms with E-state index in [1.807, 2.05) is 30.5 Å². The molecule has 1 atom stereocenters. The van der Waals surface area contributed by atoms with Crippen molar-refractivity contribution in [3.05, 3.63) is 0 Å². The molecule has 1 aliphatic carbocycles. The number of amides is 2. The summed E-state index contributed by atoms with van der Waals surface area (Å²) in [6, 6.07) is -0.295. The number of rotatable bonds is 4. The quantitative estimate of drug-likeness (QED) is 0.836. The molecule has 0 radical (unpaired) electrons. The van der Waals surface area contributed by atoms with E-state index in [-0.39, 0.29) is 35.1 Å². The topological polar surface area (TPSA) is 49.4 Å². The van der Waals surface area contributed by atoms with Crippen molar-refractivity contribution in [2.75, 3.05) is 19.3 Å². The van der Waals surface area contributed by atoms with E-state index in [1.165, 1.54) is 6.42 Å². The zero-order valence-electron chi connectivity index (χ0n) is 11.4. The summed E-state index contributed by atoms with van der Waals surface area (Å²) in [5.41, 5.74) is 0. The molecule has 0 spiro atoms. The Balaban J connectivity index is 2.15. The average molecular weight is 270 g/mol. The molecule has 4 nitrogen and oxygen atoms in total. The maximum absolute atomic E-state index is 12.1. The van der Waals surface area contributed by atoms with Crippen LogP contribution in [-0.4, -0.2) is 46.8 Å². The van der Waals surface area contributed by atoms with E-state index in [0.717, 1.165) is 19.4 Å². The van der Waals surface area contributed by atoms with E-state index in [9.17, 15) is 9.59 Å². The molecule has 0 aromatic heterocycles. The van der Waals surface area contributed by atoms with Gasteiger partial charge in [0.05, 0.1) is 6.54 Å². The fourth-order valence-corrected chi connectivity index (χ4v) is 3.79. The van der Waals surface area contributed by atoms with Crippen molar-refractivity contribution in [2.24, 2.45) is 5.92 Å².